The van der Waals surface area contributed by atoms with Gasteiger partial charge in [-0.15, -0.1) is 0 Å². The number of nitrogens with two attached hydrogens (primary N) is 1. The van der Waals surface area contributed by atoms with Crippen molar-refractivity contribution in [2.45, 2.75) is 33.1 Å². The highest BCUT2D eigenvalue weighted by Gasteiger charge is 2.26. The van der Waals surface area contributed by atoms with Crippen molar-refractivity contribution in [1.29, 1.82) is 0 Å². The van der Waals surface area contributed by atoms with Crippen LogP contribution in [0.2, 0.25) is 0 Å². The molecule has 1 atom stereocenters. The van der Waals surface area contributed by atoms with Gasteiger partial charge in [0.05, 0.1) is 0 Å². The molecule has 0 spiro atoms. The predicted octanol–water partition coefficient (Wildman–Crippen LogP) is 4.81. The minimum atomic E-state index is -0.244. The van der Waals surface area contributed by atoms with E-state index < -0.39 is 0 Å². The number of hydrogen-bond donors (Lipinski definition) is 2. The van der Waals surface area contributed by atoms with Crippen molar-refractivity contribution in [3.8, 4) is 0 Å². The second kappa shape index (κ2) is 9.86. The molecule has 1 aliphatic carbocycles. The van der Waals surface area contributed by atoms with E-state index in [-0.39, 0.29) is 11.8 Å². The van der Waals surface area contributed by atoms with E-state index in [4.69, 9.17) is 5.84 Å². The molecule has 4 rings (SSSR count). The van der Waals surface area contributed by atoms with Crippen LogP contribution in [0.4, 0.5) is 5.69 Å². The molecular formula is C27H32N4O. The summed E-state index contributed by atoms with van der Waals surface area (Å²) in [6, 6.07) is 22.7. The Kier molecular flexibility index (Phi) is 6.74. The number of nitrogens with zero attached hydrogens (tertiary/aromatic N) is 2. The summed E-state index contributed by atoms with van der Waals surface area (Å²) in [4.78, 5) is 15.2. The van der Waals surface area contributed by atoms with Crippen molar-refractivity contribution in [2.24, 2.45) is 22.8 Å². The maximum absolute atomic E-state index is 13.0. The maximum atomic E-state index is 13.0. The number of amidine groups is 1. The smallest absolute Gasteiger partial charge is 0.227 e. The fraction of sp³-hybridized carbons (Fsp3) is 0.333. The highest BCUT2D eigenvalue weighted by atomic mass is 16.1. The number of carbonyl (C=O) groups is 1. The summed E-state index contributed by atoms with van der Waals surface area (Å²) in [6.07, 6.45) is 2.68. The van der Waals surface area contributed by atoms with Crippen LogP contribution in [0, 0.1) is 11.8 Å². The summed E-state index contributed by atoms with van der Waals surface area (Å²) in [7, 11) is 0. The standard InChI is InChI=1S/C27H32N4O/c1-3-31(18-20-16-22-10-4-5-11-23(22)17-20)26(30-28)15-19(2)27(32)29-25-14-8-12-21-9-6-7-13-24(21)25/h4-14,19-20H,3,15-18,28H2,1-2H3,(H,29,32). The van der Waals surface area contributed by atoms with Crippen LogP contribution in [-0.2, 0) is 17.6 Å². The highest BCUT2D eigenvalue weighted by Crippen LogP contribution is 2.28. The quantitative estimate of drug-likeness (QED) is 0.245. The van der Waals surface area contributed by atoms with E-state index in [0.717, 1.165) is 48.2 Å². The monoisotopic (exact) mass is 428 g/mol. The largest absolute Gasteiger partial charge is 0.359 e. The molecule has 5 nitrogen and oxygen atoms in total. The number of fused-ring (bicyclic) bond motifs is 2. The third kappa shape index (κ3) is 4.77. The van der Waals surface area contributed by atoms with Crippen molar-refractivity contribution in [1.82, 2.24) is 4.90 Å². The zero-order valence-electron chi connectivity index (χ0n) is 18.9. The van der Waals surface area contributed by atoms with Crippen molar-refractivity contribution in [3.05, 3.63) is 77.9 Å². The molecule has 1 unspecified atom stereocenters. The van der Waals surface area contributed by atoms with E-state index in [9.17, 15) is 4.79 Å². The van der Waals surface area contributed by atoms with E-state index >= 15 is 0 Å². The summed E-state index contributed by atoms with van der Waals surface area (Å²) >= 11 is 0. The molecule has 0 aromatic heterocycles. The van der Waals surface area contributed by atoms with E-state index in [2.05, 4.69) is 46.5 Å². The second-order valence-electron chi connectivity index (χ2n) is 8.75. The number of hydrogen-bond acceptors (Lipinski definition) is 3. The van der Waals surface area contributed by atoms with Crippen LogP contribution in [0.3, 0.4) is 0 Å². The first-order valence-electron chi connectivity index (χ1n) is 11.5. The number of carbonyl (C=O) groups excluding carboxylic acids is 1. The molecule has 5 heteroatoms. The van der Waals surface area contributed by atoms with Gasteiger partial charge in [-0.25, -0.2) is 0 Å². The SMILES string of the molecule is CCN(CC1Cc2ccccc2C1)C(CC(C)C(=O)Nc1cccc2ccccc12)=NN. The molecule has 0 heterocycles. The second-order valence-corrected chi connectivity index (χ2v) is 8.75. The molecule has 3 aromatic carbocycles. The Labute approximate surface area is 190 Å². The summed E-state index contributed by atoms with van der Waals surface area (Å²) in [6.45, 7) is 5.78. The summed E-state index contributed by atoms with van der Waals surface area (Å²) < 4.78 is 0. The first-order chi connectivity index (χ1) is 15.6. The minimum absolute atomic E-state index is 0.0215. The van der Waals surface area contributed by atoms with Crippen molar-refractivity contribution in [2.75, 3.05) is 18.4 Å². The molecule has 0 fully saturated rings. The topological polar surface area (TPSA) is 70.7 Å². The lowest BCUT2D eigenvalue weighted by Gasteiger charge is -2.28. The van der Waals surface area contributed by atoms with Crippen LogP contribution >= 0.6 is 0 Å². The maximum Gasteiger partial charge on any atom is 0.227 e. The molecule has 0 saturated heterocycles. The molecule has 0 radical (unpaired) electrons. The van der Waals surface area contributed by atoms with Crippen molar-refractivity contribution >= 4 is 28.2 Å². The summed E-state index contributed by atoms with van der Waals surface area (Å²) in [5.41, 5.74) is 3.73. The third-order valence-electron chi connectivity index (χ3n) is 6.49. The molecule has 0 bridgehead atoms. The Morgan fingerprint density at radius 3 is 2.41 bits per heavy atom. The number of amides is 1. The summed E-state index contributed by atoms with van der Waals surface area (Å²) in [5, 5.41) is 9.34. The van der Waals surface area contributed by atoms with Gasteiger partial charge in [0.2, 0.25) is 5.91 Å². The molecule has 1 amide bonds. The van der Waals surface area contributed by atoms with Crippen LogP contribution in [0.25, 0.3) is 10.8 Å². The van der Waals surface area contributed by atoms with Crippen LogP contribution in [-0.4, -0.2) is 29.7 Å². The van der Waals surface area contributed by atoms with Crippen LogP contribution < -0.4 is 11.2 Å². The van der Waals surface area contributed by atoms with Gasteiger partial charge in [0, 0.05) is 36.5 Å². The van der Waals surface area contributed by atoms with Gasteiger partial charge in [-0.05, 0) is 48.3 Å². The fourth-order valence-corrected chi connectivity index (χ4v) is 4.73. The number of hydrazone groups is 1. The minimum Gasteiger partial charge on any atom is -0.359 e. The predicted molar refractivity (Wildman–Crippen MR) is 133 cm³/mol. The lowest BCUT2D eigenvalue weighted by atomic mass is 10.0. The Morgan fingerprint density at radius 1 is 1.06 bits per heavy atom. The van der Waals surface area contributed by atoms with Crippen molar-refractivity contribution in [3.63, 3.8) is 0 Å². The average Bonchev–Trinajstić information content (AvgIpc) is 3.24. The van der Waals surface area contributed by atoms with Gasteiger partial charge < -0.3 is 16.1 Å². The number of anilines is 1. The zero-order valence-corrected chi connectivity index (χ0v) is 18.9. The van der Waals surface area contributed by atoms with Gasteiger partial charge >= 0.3 is 0 Å². The first-order valence-corrected chi connectivity index (χ1v) is 11.5. The van der Waals surface area contributed by atoms with Gasteiger partial charge in [0.1, 0.15) is 5.84 Å². The fourth-order valence-electron chi connectivity index (χ4n) is 4.73. The number of nitrogens with one attached hydrogen (secondary N) is 1. The molecule has 1 aliphatic rings. The van der Waals surface area contributed by atoms with Gasteiger partial charge in [-0.1, -0.05) is 67.6 Å². The molecular weight excluding hydrogens is 396 g/mol. The zero-order chi connectivity index (χ0) is 22.5. The molecule has 3 aromatic rings. The lowest BCUT2D eigenvalue weighted by Crippen LogP contribution is -2.38. The average molecular weight is 429 g/mol. The number of rotatable bonds is 7. The summed E-state index contributed by atoms with van der Waals surface area (Å²) in [5.74, 6) is 6.87. The highest BCUT2D eigenvalue weighted by molar-refractivity contribution is 6.03. The van der Waals surface area contributed by atoms with Crippen LogP contribution in [0.15, 0.2) is 71.8 Å². The normalized spacial score (nSPS) is 14.9. The van der Waals surface area contributed by atoms with E-state index in [1.54, 1.807) is 0 Å². The third-order valence-corrected chi connectivity index (χ3v) is 6.49. The molecule has 3 N–H and O–H groups in total. The van der Waals surface area contributed by atoms with Gasteiger partial charge in [-0.3, -0.25) is 4.79 Å². The lowest BCUT2D eigenvalue weighted by molar-refractivity contribution is -0.119. The van der Waals surface area contributed by atoms with Crippen LogP contribution in [0.5, 0.6) is 0 Å². The van der Waals surface area contributed by atoms with Crippen molar-refractivity contribution < 1.29 is 4.79 Å². The van der Waals surface area contributed by atoms with E-state index in [1.165, 1.54) is 11.1 Å². The van der Waals surface area contributed by atoms with E-state index in [1.807, 2.05) is 49.4 Å². The first kappa shape index (κ1) is 21.9. The Bertz CT molecular complexity index is 1090. The Morgan fingerprint density at radius 2 is 1.72 bits per heavy atom. The van der Waals surface area contributed by atoms with Gasteiger partial charge in [0.25, 0.3) is 0 Å². The molecule has 0 saturated carbocycles. The molecule has 32 heavy (non-hydrogen) atoms. The molecule has 0 aliphatic heterocycles. The molecule has 166 valence electrons. The Balaban J connectivity index is 1.39. The van der Waals surface area contributed by atoms with Gasteiger partial charge in [-0.2, -0.15) is 5.10 Å². The Hall–Kier alpha value is -3.34. The van der Waals surface area contributed by atoms with Crippen LogP contribution in [0.1, 0.15) is 31.4 Å². The van der Waals surface area contributed by atoms with E-state index in [0.29, 0.717) is 12.3 Å². The number of benzene rings is 3. The van der Waals surface area contributed by atoms with Gasteiger partial charge in [0.15, 0.2) is 0 Å².